The van der Waals surface area contributed by atoms with Gasteiger partial charge in [0.15, 0.2) is 6.10 Å². The van der Waals surface area contributed by atoms with E-state index in [0.29, 0.717) is 11.1 Å². The molecule has 3 N–H and O–H groups in total. The van der Waals surface area contributed by atoms with Crippen LogP contribution in [0.1, 0.15) is 11.7 Å². The average molecular weight is 263 g/mol. The third-order valence-electron chi connectivity index (χ3n) is 2.71. The number of amides is 1. The molecule has 1 amide bonds. The predicted molar refractivity (Wildman–Crippen MR) is 65.9 cm³/mol. The van der Waals surface area contributed by atoms with Gasteiger partial charge in [0.25, 0.3) is 5.91 Å². The molecule has 3 nitrogen and oxygen atoms in total. The molecule has 98 valence electrons. The van der Waals surface area contributed by atoms with E-state index < -0.39 is 23.6 Å². The highest BCUT2D eigenvalue weighted by Crippen LogP contribution is 2.29. The van der Waals surface area contributed by atoms with Gasteiger partial charge in [-0.3, -0.25) is 4.79 Å². The van der Waals surface area contributed by atoms with Gasteiger partial charge < -0.3 is 10.8 Å². The van der Waals surface area contributed by atoms with E-state index in [-0.39, 0.29) is 5.56 Å². The van der Waals surface area contributed by atoms with Gasteiger partial charge in [0, 0.05) is 5.56 Å². The van der Waals surface area contributed by atoms with E-state index in [4.69, 9.17) is 5.73 Å². The number of hydrogen-bond donors (Lipinski definition) is 2. The molecule has 1 atom stereocenters. The summed E-state index contributed by atoms with van der Waals surface area (Å²) in [4.78, 5) is 11.0. The second-order valence-electron chi connectivity index (χ2n) is 4.05. The molecular formula is C14H11F2NO2. The monoisotopic (exact) mass is 263 g/mol. The zero-order valence-corrected chi connectivity index (χ0v) is 9.81. The van der Waals surface area contributed by atoms with Crippen LogP contribution in [0.25, 0.3) is 11.1 Å². The highest BCUT2D eigenvalue weighted by atomic mass is 19.1. The fourth-order valence-corrected chi connectivity index (χ4v) is 1.83. The van der Waals surface area contributed by atoms with E-state index in [1.54, 1.807) is 6.07 Å². The first kappa shape index (κ1) is 13.2. The molecule has 0 bridgehead atoms. The first-order chi connectivity index (χ1) is 8.99. The Kier molecular flexibility index (Phi) is 3.57. The molecule has 0 aliphatic rings. The number of halogens is 2. The number of benzene rings is 2. The summed E-state index contributed by atoms with van der Waals surface area (Å²) in [6.07, 6.45) is -1.64. The van der Waals surface area contributed by atoms with E-state index in [2.05, 4.69) is 0 Å². The van der Waals surface area contributed by atoms with E-state index in [9.17, 15) is 18.7 Å². The van der Waals surface area contributed by atoms with E-state index >= 15 is 0 Å². The topological polar surface area (TPSA) is 63.3 Å². The Morgan fingerprint density at radius 3 is 2.42 bits per heavy atom. The maximum Gasteiger partial charge on any atom is 0.250 e. The van der Waals surface area contributed by atoms with Gasteiger partial charge in [0.1, 0.15) is 11.6 Å². The van der Waals surface area contributed by atoms with Crippen LogP contribution in [0.4, 0.5) is 8.78 Å². The van der Waals surface area contributed by atoms with Crippen molar-refractivity contribution in [2.45, 2.75) is 6.10 Å². The first-order valence-electron chi connectivity index (χ1n) is 5.52. The molecule has 0 fully saturated rings. The minimum Gasteiger partial charge on any atom is -0.378 e. The number of nitrogens with two attached hydrogens (primary N) is 1. The largest absolute Gasteiger partial charge is 0.378 e. The number of carbonyl (C=O) groups is 1. The van der Waals surface area contributed by atoms with Crippen molar-refractivity contribution < 1.29 is 18.7 Å². The van der Waals surface area contributed by atoms with Crippen LogP contribution >= 0.6 is 0 Å². The van der Waals surface area contributed by atoms with Crippen LogP contribution in [0.3, 0.4) is 0 Å². The third kappa shape index (κ3) is 2.77. The predicted octanol–water partition coefficient (Wildman–Crippen LogP) is 2.15. The normalized spacial score (nSPS) is 12.2. The van der Waals surface area contributed by atoms with E-state index in [0.717, 1.165) is 12.1 Å². The maximum absolute atomic E-state index is 13.2. The van der Waals surface area contributed by atoms with Crippen molar-refractivity contribution in [3.63, 3.8) is 0 Å². The van der Waals surface area contributed by atoms with Gasteiger partial charge in [0.05, 0.1) is 0 Å². The minimum atomic E-state index is -1.64. The Morgan fingerprint density at radius 2 is 1.79 bits per heavy atom. The fourth-order valence-electron chi connectivity index (χ4n) is 1.83. The molecule has 0 saturated carbocycles. The summed E-state index contributed by atoms with van der Waals surface area (Å²) >= 11 is 0. The lowest BCUT2D eigenvalue weighted by Crippen LogP contribution is -2.21. The SMILES string of the molecule is NC(=O)C(O)c1cc(F)ccc1-c1cccc(F)c1. The van der Waals surface area contributed by atoms with Gasteiger partial charge >= 0.3 is 0 Å². The average Bonchev–Trinajstić information content (AvgIpc) is 2.37. The Bertz CT molecular complexity index is 629. The van der Waals surface area contributed by atoms with Crippen LogP contribution in [0.2, 0.25) is 0 Å². The van der Waals surface area contributed by atoms with Gasteiger partial charge in [-0.15, -0.1) is 0 Å². The van der Waals surface area contributed by atoms with Crippen LogP contribution in [0.15, 0.2) is 42.5 Å². The zero-order valence-electron chi connectivity index (χ0n) is 9.81. The van der Waals surface area contributed by atoms with Crippen LogP contribution in [-0.4, -0.2) is 11.0 Å². The summed E-state index contributed by atoms with van der Waals surface area (Å²) in [6.45, 7) is 0. The van der Waals surface area contributed by atoms with Gasteiger partial charge in [-0.05, 0) is 35.4 Å². The zero-order chi connectivity index (χ0) is 14.0. The van der Waals surface area contributed by atoms with E-state index in [1.807, 2.05) is 0 Å². The molecule has 0 heterocycles. The van der Waals surface area contributed by atoms with Crippen molar-refractivity contribution >= 4 is 5.91 Å². The Labute approximate surface area is 108 Å². The van der Waals surface area contributed by atoms with Crippen LogP contribution in [0, 0.1) is 11.6 Å². The molecule has 0 spiro atoms. The van der Waals surface area contributed by atoms with Crippen LogP contribution < -0.4 is 5.73 Å². The molecule has 0 aliphatic carbocycles. The molecule has 19 heavy (non-hydrogen) atoms. The molecule has 0 aliphatic heterocycles. The summed E-state index contributed by atoms with van der Waals surface area (Å²) in [5.41, 5.74) is 5.80. The summed E-state index contributed by atoms with van der Waals surface area (Å²) < 4.78 is 26.4. The maximum atomic E-state index is 13.2. The van der Waals surface area contributed by atoms with E-state index in [1.165, 1.54) is 24.3 Å². The highest BCUT2D eigenvalue weighted by molar-refractivity contribution is 5.83. The number of primary amides is 1. The van der Waals surface area contributed by atoms with Gasteiger partial charge in [-0.1, -0.05) is 18.2 Å². The quantitative estimate of drug-likeness (QED) is 0.891. The summed E-state index contributed by atoms with van der Waals surface area (Å²) in [5, 5.41) is 9.70. The molecule has 0 radical (unpaired) electrons. The molecule has 2 rings (SSSR count). The molecule has 0 aromatic heterocycles. The summed E-state index contributed by atoms with van der Waals surface area (Å²) in [7, 11) is 0. The Balaban J connectivity index is 2.60. The summed E-state index contributed by atoms with van der Waals surface area (Å²) in [5.74, 6) is -2.08. The number of hydrogen-bond acceptors (Lipinski definition) is 2. The standard InChI is InChI=1S/C14H11F2NO2/c15-9-3-1-2-8(6-9)11-5-4-10(16)7-12(11)13(18)14(17)19/h1-7,13,18H,(H2,17,19). The van der Waals surface area contributed by atoms with Crippen molar-refractivity contribution in [3.8, 4) is 11.1 Å². The molecular weight excluding hydrogens is 252 g/mol. The highest BCUT2D eigenvalue weighted by Gasteiger charge is 2.19. The van der Waals surface area contributed by atoms with Crippen molar-refractivity contribution in [1.82, 2.24) is 0 Å². The summed E-state index contributed by atoms with van der Waals surface area (Å²) in [6, 6.07) is 9.10. The Hall–Kier alpha value is -2.27. The van der Waals surface area contributed by atoms with Gasteiger partial charge in [0.2, 0.25) is 0 Å². The van der Waals surface area contributed by atoms with Crippen molar-refractivity contribution in [3.05, 3.63) is 59.7 Å². The fraction of sp³-hybridized carbons (Fsp3) is 0.0714. The first-order valence-corrected chi connectivity index (χ1v) is 5.52. The van der Waals surface area contributed by atoms with Crippen molar-refractivity contribution in [2.24, 2.45) is 5.73 Å². The molecule has 5 heteroatoms. The second kappa shape index (κ2) is 5.16. The lowest BCUT2D eigenvalue weighted by Gasteiger charge is -2.13. The molecule has 1 unspecified atom stereocenters. The Morgan fingerprint density at radius 1 is 1.11 bits per heavy atom. The number of aliphatic hydroxyl groups excluding tert-OH is 1. The van der Waals surface area contributed by atoms with Crippen molar-refractivity contribution in [1.29, 1.82) is 0 Å². The van der Waals surface area contributed by atoms with Crippen LogP contribution in [0.5, 0.6) is 0 Å². The van der Waals surface area contributed by atoms with Crippen molar-refractivity contribution in [2.75, 3.05) is 0 Å². The minimum absolute atomic E-state index is 0.0121. The smallest absolute Gasteiger partial charge is 0.250 e. The van der Waals surface area contributed by atoms with Crippen LogP contribution in [-0.2, 0) is 4.79 Å². The molecule has 2 aromatic rings. The second-order valence-corrected chi connectivity index (χ2v) is 4.05. The lowest BCUT2D eigenvalue weighted by atomic mass is 9.95. The number of carbonyl (C=O) groups excluding carboxylic acids is 1. The van der Waals surface area contributed by atoms with Gasteiger partial charge in [-0.25, -0.2) is 8.78 Å². The lowest BCUT2D eigenvalue weighted by molar-refractivity contribution is -0.126. The number of rotatable bonds is 3. The van der Waals surface area contributed by atoms with Gasteiger partial charge in [-0.2, -0.15) is 0 Å². The number of aliphatic hydroxyl groups is 1. The molecule has 0 saturated heterocycles. The third-order valence-corrected chi connectivity index (χ3v) is 2.71. The molecule has 2 aromatic carbocycles.